The quantitative estimate of drug-likeness (QED) is 0.888. The summed E-state index contributed by atoms with van der Waals surface area (Å²) >= 11 is 1.68. The number of rotatable bonds is 2. The van der Waals surface area contributed by atoms with E-state index in [1.807, 2.05) is 18.4 Å². The average Bonchev–Trinajstić information content (AvgIpc) is 2.97. The van der Waals surface area contributed by atoms with E-state index in [9.17, 15) is 4.79 Å². The zero-order chi connectivity index (χ0) is 12.5. The number of fused-ring (bicyclic) bond motifs is 2. The molecule has 0 aliphatic carbocycles. The summed E-state index contributed by atoms with van der Waals surface area (Å²) in [5.41, 5.74) is 0. The first kappa shape index (κ1) is 12.2. The average molecular weight is 264 g/mol. The molecular formula is C14H20N2OS. The lowest BCUT2D eigenvalue weighted by Crippen LogP contribution is -2.40. The monoisotopic (exact) mass is 264 g/mol. The van der Waals surface area contributed by atoms with Crippen molar-refractivity contribution in [1.29, 1.82) is 0 Å². The van der Waals surface area contributed by atoms with Gasteiger partial charge in [0.25, 0.3) is 0 Å². The maximum absolute atomic E-state index is 12.5. The van der Waals surface area contributed by atoms with Crippen LogP contribution in [0.4, 0.5) is 0 Å². The Morgan fingerprint density at radius 2 is 2.28 bits per heavy atom. The number of amides is 1. The van der Waals surface area contributed by atoms with Crippen LogP contribution in [-0.4, -0.2) is 36.0 Å². The summed E-state index contributed by atoms with van der Waals surface area (Å²) in [6.07, 6.45) is 3.62. The van der Waals surface area contributed by atoms with E-state index >= 15 is 0 Å². The molecule has 3 nitrogen and oxygen atoms in total. The van der Waals surface area contributed by atoms with Crippen molar-refractivity contribution in [2.24, 2.45) is 0 Å². The van der Waals surface area contributed by atoms with Gasteiger partial charge in [-0.1, -0.05) is 6.07 Å². The van der Waals surface area contributed by atoms with Gasteiger partial charge in [0.2, 0.25) is 5.91 Å². The molecule has 2 fully saturated rings. The Labute approximate surface area is 112 Å². The number of carbonyl (C=O) groups excluding carboxylic acids is 1. The van der Waals surface area contributed by atoms with Gasteiger partial charge < -0.3 is 10.2 Å². The van der Waals surface area contributed by atoms with Gasteiger partial charge >= 0.3 is 0 Å². The molecule has 3 heterocycles. The first-order valence-electron chi connectivity index (χ1n) is 6.82. The number of carbonyl (C=O) groups is 1. The van der Waals surface area contributed by atoms with Gasteiger partial charge in [0, 0.05) is 30.1 Å². The van der Waals surface area contributed by atoms with E-state index < -0.39 is 0 Å². The number of likely N-dealkylation sites (tertiary alicyclic amines) is 1. The van der Waals surface area contributed by atoms with E-state index in [0.717, 1.165) is 19.5 Å². The summed E-state index contributed by atoms with van der Waals surface area (Å²) in [5.74, 6) is 0.313. The maximum atomic E-state index is 12.5. The Hall–Kier alpha value is -0.870. The van der Waals surface area contributed by atoms with E-state index in [1.54, 1.807) is 11.3 Å². The maximum Gasteiger partial charge on any atom is 0.230 e. The molecule has 0 radical (unpaired) electrons. The molecule has 2 saturated heterocycles. The Morgan fingerprint density at radius 3 is 3.06 bits per heavy atom. The molecule has 98 valence electrons. The predicted octanol–water partition coefficient (Wildman–Crippen LogP) is 2.20. The summed E-state index contributed by atoms with van der Waals surface area (Å²) in [4.78, 5) is 15.8. The van der Waals surface area contributed by atoms with Gasteiger partial charge in [-0.05, 0) is 37.6 Å². The lowest BCUT2D eigenvalue weighted by atomic mass is 10.0. The first-order valence-corrected chi connectivity index (χ1v) is 7.70. The lowest BCUT2D eigenvalue weighted by Gasteiger charge is -2.26. The van der Waals surface area contributed by atoms with Gasteiger partial charge in [-0.25, -0.2) is 0 Å². The largest absolute Gasteiger partial charge is 0.341 e. The van der Waals surface area contributed by atoms with Crippen molar-refractivity contribution in [3.63, 3.8) is 0 Å². The third-order valence-electron chi connectivity index (χ3n) is 4.18. The molecule has 18 heavy (non-hydrogen) atoms. The van der Waals surface area contributed by atoms with Crippen LogP contribution in [0.2, 0.25) is 0 Å². The number of nitrogens with zero attached hydrogens (tertiary/aromatic N) is 1. The molecule has 2 bridgehead atoms. The fourth-order valence-corrected chi connectivity index (χ4v) is 3.85. The zero-order valence-corrected chi connectivity index (χ0v) is 11.6. The van der Waals surface area contributed by atoms with E-state index in [-0.39, 0.29) is 5.92 Å². The number of hydrogen-bond donors (Lipinski definition) is 1. The Kier molecular flexibility index (Phi) is 3.39. The molecule has 0 spiro atoms. The van der Waals surface area contributed by atoms with Crippen LogP contribution in [0.25, 0.3) is 0 Å². The SMILES string of the molecule is CC(C(=O)N1CCC2CCC(C1)N2)c1cccs1. The molecule has 2 aliphatic heterocycles. The van der Waals surface area contributed by atoms with E-state index in [2.05, 4.69) is 16.3 Å². The topological polar surface area (TPSA) is 32.3 Å². The predicted molar refractivity (Wildman–Crippen MR) is 73.9 cm³/mol. The molecule has 1 aromatic heterocycles. The third kappa shape index (κ3) is 2.31. The molecular weight excluding hydrogens is 244 g/mol. The summed E-state index contributed by atoms with van der Waals surface area (Å²) in [5, 5.41) is 5.67. The van der Waals surface area contributed by atoms with Crippen molar-refractivity contribution in [2.75, 3.05) is 13.1 Å². The van der Waals surface area contributed by atoms with Crippen LogP contribution in [0, 0.1) is 0 Å². The highest BCUT2D eigenvalue weighted by Gasteiger charge is 2.32. The molecule has 1 aromatic rings. The van der Waals surface area contributed by atoms with Gasteiger partial charge in [-0.2, -0.15) is 0 Å². The molecule has 4 heteroatoms. The van der Waals surface area contributed by atoms with E-state index in [4.69, 9.17) is 0 Å². The van der Waals surface area contributed by atoms with Gasteiger partial charge in [0.15, 0.2) is 0 Å². The smallest absolute Gasteiger partial charge is 0.230 e. The normalized spacial score (nSPS) is 29.1. The highest BCUT2D eigenvalue weighted by molar-refractivity contribution is 7.10. The highest BCUT2D eigenvalue weighted by Crippen LogP contribution is 2.26. The van der Waals surface area contributed by atoms with Crippen molar-refractivity contribution in [2.45, 2.75) is 44.2 Å². The van der Waals surface area contributed by atoms with E-state index in [0.29, 0.717) is 18.0 Å². The zero-order valence-electron chi connectivity index (χ0n) is 10.8. The molecule has 3 atom stereocenters. The molecule has 0 saturated carbocycles. The minimum Gasteiger partial charge on any atom is -0.341 e. The number of nitrogens with one attached hydrogen (secondary N) is 1. The van der Waals surface area contributed by atoms with Crippen molar-refractivity contribution in [3.05, 3.63) is 22.4 Å². The van der Waals surface area contributed by atoms with Gasteiger partial charge in [0.05, 0.1) is 5.92 Å². The summed E-state index contributed by atoms with van der Waals surface area (Å²) in [7, 11) is 0. The second kappa shape index (κ2) is 5.02. The summed E-state index contributed by atoms with van der Waals surface area (Å²) in [6, 6.07) is 5.26. The molecule has 0 aromatic carbocycles. The van der Waals surface area contributed by atoms with Crippen LogP contribution in [0.1, 0.15) is 37.0 Å². The number of hydrogen-bond acceptors (Lipinski definition) is 3. The van der Waals surface area contributed by atoms with Crippen molar-refractivity contribution < 1.29 is 4.79 Å². The number of thiophene rings is 1. The minimum atomic E-state index is 0.0154. The second-order valence-electron chi connectivity index (χ2n) is 5.45. The van der Waals surface area contributed by atoms with E-state index in [1.165, 1.54) is 17.7 Å². The fraction of sp³-hybridized carbons (Fsp3) is 0.643. The summed E-state index contributed by atoms with van der Waals surface area (Å²) in [6.45, 7) is 3.85. The molecule has 1 amide bonds. The minimum absolute atomic E-state index is 0.0154. The Morgan fingerprint density at radius 1 is 1.44 bits per heavy atom. The second-order valence-corrected chi connectivity index (χ2v) is 6.43. The fourth-order valence-electron chi connectivity index (χ4n) is 3.08. The molecule has 3 unspecified atom stereocenters. The van der Waals surface area contributed by atoms with Gasteiger partial charge in [-0.3, -0.25) is 4.79 Å². The van der Waals surface area contributed by atoms with Crippen LogP contribution in [0.15, 0.2) is 17.5 Å². The van der Waals surface area contributed by atoms with Crippen LogP contribution in [0.5, 0.6) is 0 Å². The van der Waals surface area contributed by atoms with Gasteiger partial charge in [0.1, 0.15) is 0 Å². The standard InChI is InChI=1S/C14H20N2OS/c1-10(13-3-2-8-18-13)14(17)16-7-6-11-4-5-12(9-16)15-11/h2-3,8,10-12,15H,4-7,9H2,1H3. The van der Waals surface area contributed by atoms with Crippen LogP contribution in [0.3, 0.4) is 0 Å². The Bertz CT molecular complexity index is 417. The van der Waals surface area contributed by atoms with Crippen molar-refractivity contribution >= 4 is 17.2 Å². The van der Waals surface area contributed by atoms with Crippen LogP contribution in [-0.2, 0) is 4.79 Å². The van der Waals surface area contributed by atoms with Crippen molar-refractivity contribution in [1.82, 2.24) is 10.2 Å². The Balaban J connectivity index is 1.68. The molecule has 3 rings (SSSR count). The van der Waals surface area contributed by atoms with Crippen LogP contribution >= 0.6 is 11.3 Å². The molecule has 2 aliphatic rings. The summed E-state index contributed by atoms with van der Waals surface area (Å²) < 4.78 is 0. The van der Waals surface area contributed by atoms with Crippen LogP contribution < -0.4 is 5.32 Å². The first-order chi connectivity index (χ1) is 8.74. The lowest BCUT2D eigenvalue weighted by molar-refractivity contribution is -0.132. The van der Waals surface area contributed by atoms with Crippen molar-refractivity contribution in [3.8, 4) is 0 Å². The van der Waals surface area contributed by atoms with Gasteiger partial charge in [-0.15, -0.1) is 11.3 Å². The highest BCUT2D eigenvalue weighted by atomic mass is 32.1. The third-order valence-corrected chi connectivity index (χ3v) is 5.23. The molecule has 1 N–H and O–H groups in total.